The number of rotatable bonds is 4. The third kappa shape index (κ3) is 3.64. The van der Waals surface area contributed by atoms with Crippen molar-refractivity contribution in [2.24, 2.45) is 0 Å². The minimum absolute atomic E-state index is 0.0131. The Bertz CT molecular complexity index is 314. The number of aliphatic hydroxyl groups is 1. The van der Waals surface area contributed by atoms with Crippen LogP contribution in [-0.2, 0) is 0 Å². The number of hydrogen-bond acceptors (Lipinski definition) is 3. The lowest BCUT2D eigenvalue weighted by molar-refractivity contribution is 0.0315. The van der Waals surface area contributed by atoms with Crippen LogP contribution in [0.3, 0.4) is 0 Å². The first-order chi connectivity index (χ1) is 6.94. The summed E-state index contributed by atoms with van der Waals surface area (Å²) in [5.41, 5.74) is -0.145. The van der Waals surface area contributed by atoms with E-state index in [2.05, 4.69) is 0 Å². The van der Waals surface area contributed by atoms with Gasteiger partial charge in [-0.3, -0.25) is 4.79 Å². The Morgan fingerprint density at radius 3 is 2.67 bits per heavy atom. The number of amides is 1. The Morgan fingerprint density at radius 1 is 1.60 bits per heavy atom. The third-order valence-corrected chi connectivity index (χ3v) is 2.70. The number of likely N-dealkylation sites (N-methyl/N-ethyl adjacent to an activating group) is 1. The zero-order chi connectivity index (χ0) is 11.5. The predicted molar refractivity (Wildman–Crippen MR) is 62.2 cm³/mol. The molecule has 0 fully saturated rings. The van der Waals surface area contributed by atoms with E-state index in [4.69, 9.17) is 0 Å². The lowest BCUT2D eigenvalue weighted by atomic mass is 10.1. The van der Waals surface area contributed by atoms with Gasteiger partial charge in [0.1, 0.15) is 0 Å². The van der Waals surface area contributed by atoms with E-state index in [9.17, 15) is 9.90 Å². The maximum Gasteiger partial charge on any atom is 0.254 e. The first-order valence-electron chi connectivity index (χ1n) is 4.98. The molecule has 0 bridgehead atoms. The average molecular weight is 227 g/mol. The molecule has 1 aromatic rings. The molecule has 0 aromatic carbocycles. The molecule has 84 valence electrons. The predicted octanol–water partition coefficient (Wildman–Crippen LogP) is 1.98. The summed E-state index contributed by atoms with van der Waals surface area (Å²) in [5.74, 6) is -0.0131. The lowest BCUT2D eigenvalue weighted by Gasteiger charge is -2.27. The molecule has 1 aromatic heterocycles. The molecule has 0 aliphatic rings. The Kier molecular flexibility index (Phi) is 3.88. The molecule has 0 aliphatic carbocycles. The van der Waals surface area contributed by atoms with E-state index in [1.807, 2.05) is 17.7 Å². The van der Waals surface area contributed by atoms with Crippen molar-refractivity contribution in [1.82, 2.24) is 4.90 Å². The first-order valence-corrected chi connectivity index (χ1v) is 5.92. The van der Waals surface area contributed by atoms with E-state index in [1.54, 1.807) is 24.8 Å². The van der Waals surface area contributed by atoms with Crippen LogP contribution in [0.5, 0.6) is 0 Å². The second-order valence-corrected chi connectivity index (χ2v) is 4.92. The second-order valence-electron chi connectivity index (χ2n) is 4.14. The maximum absolute atomic E-state index is 11.9. The van der Waals surface area contributed by atoms with Crippen molar-refractivity contribution in [3.05, 3.63) is 22.4 Å². The highest BCUT2D eigenvalue weighted by molar-refractivity contribution is 7.08. The number of carbonyl (C=O) groups excluding carboxylic acids is 1. The van der Waals surface area contributed by atoms with Gasteiger partial charge >= 0.3 is 0 Å². The molecule has 1 heterocycles. The quantitative estimate of drug-likeness (QED) is 0.854. The number of carbonyl (C=O) groups is 1. The molecule has 0 spiro atoms. The molecule has 0 saturated carbocycles. The van der Waals surface area contributed by atoms with E-state index >= 15 is 0 Å². The minimum Gasteiger partial charge on any atom is -0.389 e. The number of thiophene rings is 1. The van der Waals surface area contributed by atoms with E-state index < -0.39 is 5.60 Å². The van der Waals surface area contributed by atoms with Gasteiger partial charge in [-0.2, -0.15) is 11.3 Å². The van der Waals surface area contributed by atoms with Crippen molar-refractivity contribution < 1.29 is 9.90 Å². The van der Waals surface area contributed by atoms with Gasteiger partial charge in [0.25, 0.3) is 5.91 Å². The summed E-state index contributed by atoms with van der Waals surface area (Å²) in [6.45, 7) is 6.29. The van der Waals surface area contributed by atoms with Gasteiger partial charge in [0.15, 0.2) is 0 Å². The summed E-state index contributed by atoms with van der Waals surface area (Å²) in [6.07, 6.45) is 0. The molecule has 1 amide bonds. The van der Waals surface area contributed by atoms with Gasteiger partial charge < -0.3 is 10.0 Å². The van der Waals surface area contributed by atoms with E-state index in [-0.39, 0.29) is 5.91 Å². The van der Waals surface area contributed by atoms with Crippen LogP contribution in [-0.4, -0.2) is 34.6 Å². The second kappa shape index (κ2) is 4.77. The highest BCUT2D eigenvalue weighted by Gasteiger charge is 2.22. The molecule has 0 aliphatic heterocycles. The minimum atomic E-state index is -0.846. The molecule has 1 rings (SSSR count). The van der Waals surface area contributed by atoms with Crippen molar-refractivity contribution in [1.29, 1.82) is 0 Å². The van der Waals surface area contributed by atoms with Crippen LogP contribution < -0.4 is 0 Å². The van der Waals surface area contributed by atoms with Crippen LogP contribution in [0.1, 0.15) is 31.1 Å². The molecule has 15 heavy (non-hydrogen) atoms. The Labute approximate surface area is 94.3 Å². The van der Waals surface area contributed by atoms with Gasteiger partial charge in [0.05, 0.1) is 11.2 Å². The van der Waals surface area contributed by atoms with E-state index in [0.29, 0.717) is 18.7 Å². The van der Waals surface area contributed by atoms with Gasteiger partial charge in [-0.1, -0.05) is 0 Å². The van der Waals surface area contributed by atoms with Crippen LogP contribution in [0.4, 0.5) is 0 Å². The van der Waals surface area contributed by atoms with Crippen LogP contribution in [0.25, 0.3) is 0 Å². The Morgan fingerprint density at radius 2 is 2.27 bits per heavy atom. The Hall–Kier alpha value is -0.870. The summed E-state index contributed by atoms with van der Waals surface area (Å²) in [5, 5.41) is 13.4. The SMILES string of the molecule is CCN(CC(C)(C)O)C(=O)c1ccsc1. The van der Waals surface area contributed by atoms with Crippen molar-refractivity contribution in [3.8, 4) is 0 Å². The van der Waals surface area contributed by atoms with Gasteiger partial charge in [-0.25, -0.2) is 0 Å². The number of nitrogens with zero attached hydrogens (tertiary/aromatic N) is 1. The van der Waals surface area contributed by atoms with Gasteiger partial charge in [-0.15, -0.1) is 0 Å². The van der Waals surface area contributed by atoms with Crippen molar-refractivity contribution in [3.63, 3.8) is 0 Å². The van der Waals surface area contributed by atoms with Crippen LogP contribution in [0, 0.1) is 0 Å². The molecule has 3 nitrogen and oxygen atoms in total. The van der Waals surface area contributed by atoms with E-state index in [1.165, 1.54) is 11.3 Å². The molecule has 0 atom stereocenters. The van der Waals surface area contributed by atoms with Crippen LogP contribution in [0.15, 0.2) is 16.8 Å². The summed E-state index contributed by atoms with van der Waals surface area (Å²) in [6, 6.07) is 1.81. The monoisotopic (exact) mass is 227 g/mol. The average Bonchev–Trinajstić information content (AvgIpc) is 2.64. The van der Waals surface area contributed by atoms with Gasteiger partial charge in [-0.05, 0) is 32.2 Å². The molecular formula is C11H17NO2S. The summed E-state index contributed by atoms with van der Waals surface area (Å²) in [4.78, 5) is 13.6. The van der Waals surface area contributed by atoms with Gasteiger partial charge in [0.2, 0.25) is 0 Å². The molecule has 1 N–H and O–H groups in total. The fraction of sp³-hybridized carbons (Fsp3) is 0.545. The third-order valence-electron chi connectivity index (χ3n) is 2.01. The fourth-order valence-corrected chi connectivity index (χ4v) is 1.99. The van der Waals surface area contributed by atoms with Crippen molar-refractivity contribution in [2.45, 2.75) is 26.4 Å². The lowest BCUT2D eigenvalue weighted by Crippen LogP contribution is -2.41. The highest BCUT2D eigenvalue weighted by Crippen LogP contribution is 2.12. The summed E-state index contributed by atoms with van der Waals surface area (Å²) in [7, 11) is 0. The normalized spacial score (nSPS) is 11.5. The Balaban J connectivity index is 2.72. The summed E-state index contributed by atoms with van der Waals surface area (Å²) < 4.78 is 0. The molecule has 0 unspecified atom stereocenters. The molecule has 0 saturated heterocycles. The molecule has 0 radical (unpaired) electrons. The van der Waals surface area contributed by atoms with Crippen molar-refractivity contribution in [2.75, 3.05) is 13.1 Å². The first kappa shape index (κ1) is 12.2. The molecular weight excluding hydrogens is 210 g/mol. The zero-order valence-electron chi connectivity index (χ0n) is 9.36. The topological polar surface area (TPSA) is 40.5 Å². The zero-order valence-corrected chi connectivity index (χ0v) is 10.2. The van der Waals surface area contributed by atoms with Gasteiger partial charge in [0, 0.05) is 18.5 Å². The smallest absolute Gasteiger partial charge is 0.254 e. The fourth-order valence-electron chi connectivity index (χ4n) is 1.36. The number of hydrogen-bond donors (Lipinski definition) is 1. The van der Waals surface area contributed by atoms with Crippen LogP contribution in [0.2, 0.25) is 0 Å². The van der Waals surface area contributed by atoms with Crippen molar-refractivity contribution >= 4 is 17.2 Å². The largest absolute Gasteiger partial charge is 0.389 e. The van der Waals surface area contributed by atoms with E-state index in [0.717, 1.165) is 0 Å². The maximum atomic E-state index is 11.9. The summed E-state index contributed by atoms with van der Waals surface area (Å²) >= 11 is 1.50. The van der Waals surface area contributed by atoms with Crippen LogP contribution >= 0.6 is 11.3 Å². The highest BCUT2D eigenvalue weighted by atomic mass is 32.1. The standard InChI is InChI=1S/C11H17NO2S/c1-4-12(8-11(2,3)14)10(13)9-5-6-15-7-9/h5-7,14H,4,8H2,1-3H3. The molecule has 4 heteroatoms.